The number of hydrogen-bond acceptors (Lipinski definition) is 2. The predicted molar refractivity (Wildman–Crippen MR) is 77.9 cm³/mol. The summed E-state index contributed by atoms with van der Waals surface area (Å²) in [6, 6.07) is 3.80. The second kappa shape index (κ2) is 6.52. The number of benzene rings is 1. The van der Waals surface area contributed by atoms with E-state index in [-0.39, 0.29) is 29.3 Å². The van der Waals surface area contributed by atoms with Gasteiger partial charge in [-0.1, -0.05) is 19.9 Å². The molecule has 1 saturated heterocycles. The summed E-state index contributed by atoms with van der Waals surface area (Å²) in [6.45, 7) is 5.73. The van der Waals surface area contributed by atoms with Crippen molar-refractivity contribution in [2.24, 2.45) is 5.41 Å². The average Bonchev–Trinajstić information content (AvgIpc) is 2.41. The molecule has 1 unspecified atom stereocenters. The van der Waals surface area contributed by atoms with Gasteiger partial charge in [0.15, 0.2) is 0 Å². The van der Waals surface area contributed by atoms with Crippen molar-refractivity contribution in [3.8, 4) is 0 Å². The lowest BCUT2D eigenvalue weighted by atomic mass is 9.77. The van der Waals surface area contributed by atoms with Crippen molar-refractivity contribution >= 4 is 5.91 Å². The van der Waals surface area contributed by atoms with Crippen molar-refractivity contribution in [2.45, 2.75) is 39.2 Å². The quantitative estimate of drug-likeness (QED) is 0.896. The molecule has 116 valence electrons. The first-order valence-electron chi connectivity index (χ1n) is 7.33. The number of piperidine rings is 1. The number of amides is 1. The van der Waals surface area contributed by atoms with Crippen LogP contribution in [-0.4, -0.2) is 25.0 Å². The third kappa shape index (κ3) is 4.00. The number of carbonyl (C=O) groups excluding carboxylic acids is 1. The first-order valence-corrected chi connectivity index (χ1v) is 7.33. The van der Waals surface area contributed by atoms with Crippen molar-refractivity contribution in [3.05, 3.63) is 35.4 Å². The van der Waals surface area contributed by atoms with Crippen LogP contribution < -0.4 is 10.6 Å². The first-order chi connectivity index (χ1) is 9.90. The van der Waals surface area contributed by atoms with E-state index in [1.54, 1.807) is 0 Å². The Balaban J connectivity index is 1.90. The Morgan fingerprint density at radius 1 is 1.38 bits per heavy atom. The SMILES string of the molecule is CC1(C)CCCNC1CNC(=O)Cc1c(F)cccc1F. The van der Waals surface area contributed by atoms with Gasteiger partial charge in [-0.2, -0.15) is 0 Å². The van der Waals surface area contributed by atoms with Gasteiger partial charge in [0, 0.05) is 18.2 Å². The molecule has 1 aromatic carbocycles. The lowest BCUT2D eigenvalue weighted by Gasteiger charge is -2.39. The van der Waals surface area contributed by atoms with Crippen LogP contribution in [0.1, 0.15) is 32.3 Å². The van der Waals surface area contributed by atoms with Gasteiger partial charge >= 0.3 is 0 Å². The Morgan fingerprint density at radius 3 is 2.67 bits per heavy atom. The summed E-state index contributed by atoms with van der Waals surface area (Å²) >= 11 is 0. The van der Waals surface area contributed by atoms with Gasteiger partial charge in [-0.05, 0) is 36.9 Å². The van der Waals surface area contributed by atoms with Crippen LogP contribution in [0.15, 0.2) is 18.2 Å². The minimum atomic E-state index is -0.679. The fraction of sp³-hybridized carbons (Fsp3) is 0.562. The molecule has 0 aliphatic carbocycles. The fourth-order valence-corrected chi connectivity index (χ4v) is 2.76. The smallest absolute Gasteiger partial charge is 0.224 e. The van der Waals surface area contributed by atoms with E-state index in [1.165, 1.54) is 6.07 Å². The normalized spacial score (nSPS) is 21.0. The number of hydrogen-bond donors (Lipinski definition) is 2. The highest BCUT2D eigenvalue weighted by atomic mass is 19.1. The Kier molecular flexibility index (Phi) is 4.93. The highest BCUT2D eigenvalue weighted by molar-refractivity contribution is 5.78. The number of carbonyl (C=O) groups is 1. The minimum absolute atomic E-state index is 0.106. The molecule has 1 aliphatic rings. The monoisotopic (exact) mass is 296 g/mol. The van der Waals surface area contributed by atoms with Gasteiger partial charge in [0.05, 0.1) is 6.42 Å². The van der Waals surface area contributed by atoms with E-state index in [2.05, 4.69) is 24.5 Å². The number of halogens is 2. The zero-order valence-electron chi connectivity index (χ0n) is 12.5. The van der Waals surface area contributed by atoms with E-state index in [1.807, 2.05) is 0 Å². The van der Waals surface area contributed by atoms with Crippen molar-refractivity contribution in [2.75, 3.05) is 13.1 Å². The van der Waals surface area contributed by atoms with Crippen LogP contribution in [0.3, 0.4) is 0 Å². The van der Waals surface area contributed by atoms with E-state index in [0.717, 1.165) is 31.5 Å². The summed E-state index contributed by atoms with van der Waals surface area (Å²) in [5, 5.41) is 6.16. The lowest BCUT2D eigenvalue weighted by molar-refractivity contribution is -0.120. The summed E-state index contributed by atoms with van der Waals surface area (Å²) < 4.78 is 27.0. The van der Waals surface area contributed by atoms with E-state index in [0.29, 0.717) is 6.54 Å². The van der Waals surface area contributed by atoms with E-state index < -0.39 is 11.6 Å². The zero-order valence-corrected chi connectivity index (χ0v) is 12.5. The minimum Gasteiger partial charge on any atom is -0.354 e. The molecular formula is C16H22F2N2O. The molecule has 0 spiro atoms. The van der Waals surface area contributed by atoms with Crippen LogP contribution in [0.4, 0.5) is 8.78 Å². The first kappa shape index (κ1) is 15.9. The molecule has 1 heterocycles. The summed E-state index contributed by atoms with van der Waals surface area (Å²) in [6.07, 6.45) is 1.95. The largest absolute Gasteiger partial charge is 0.354 e. The van der Waals surface area contributed by atoms with Gasteiger partial charge in [0.25, 0.3) is 0 Å². The molecule has 1 fully saturated rings. The van der Waals surface area contributed by atoms with Crippen molar-refractivity contribution < 1.29 is 13.6 Å². The zero-order chi connectivity index (χ0) is 15.5. The van der Waals surface area contributed by atoms with Crippen LogP contribution in [0.2, 0.25) is 0 Å². The third-order valence-electron chi connectivity index (χ3n) is 4.23. The maximum absolute atomic E-state index is 13.5. The van der Waals surface area contributed by atoms with Crippen molar-refractivity contribution in [3.63, 3.8) is 0 Å². The van der Waals surface area contributed by atoms with Crippen molar-refractivity contribution in [1.29, 1.82) is 0 Å². The number of rotatable bonds is 4. The summed E-state index contributed by atoms with van der Waals surface area (Å²) in [4.78, 5) is 11.9. The Labute approximate surface area is 124 Å². The van der Waals surface area contributed by atoms with Crippen LogP contribution in [0.5, 0.6) is 0 Å². The van der Waals surface area contributed by atoms with Gasteiger partial charge in [0.2, 0.25) is 5.91 Å². The molecule has 2 N–H and O–H groups in total. The van der Waals surface area contributed by atoms with Crippen LogP contribution in [0.25, 0.3) is 0 Å². The third-order valence-corrected chi connectivity index (χ3v) is 4.23. The molecule has 1 amide bonds. The Hall–Kier alpha value is -1.49. The lowest BCUT2D eigenvalue weighted by Crippen LogP contribution is -2.53. The molecule has 3 nitrogen and oxygen atoms in total. The maximum atomic E-state index is 13.5. The topological polar surface area (TPSA) is 41.1 Å². The van der Waals surface area contributed by atoms with E-state index in [4.69, 9.17) is 0 Å². The van der Waals surface area contributed by atoms with Gasteiger partial charge < -0.3 is 10.6 Å². The molecule has 21 heavy (non-hydrogen) atoms. The van der Waals surface area contributed by atoms with E-state index in [9.17, 15) is 13.6 Å². The second-order valence-corrected chi connectivity index (χ2v) is 6.28. The Bertz CT molecular complexity index is 497. The van der Waals surface area contributed by atoms with E-state index >= 15 is 0 Å². The summed E-state index contributed by atoms with van der Waals surface area (Å²) in [7, 11) is 0. The van der Waals surface area contributed by atoms with Gasteiger partial charge in [0.1, 0.15) is 11.6 Å². The highest BCUT2D eigenvalue weighted by Crippen LogP contribution is 2.29. The van der Waals surface area contributed by atoms with Gasteiger partial charge in [-0.25, -0.2) is 8.78 Å². The summed E-state index contributed by atoms with van der Waals surface area (Å²) in [5.74, 6) is -1.72. The molecular weight excluding hydrogens is 274 g/mol. The summed E-state index contributed by atoms with van der Waals surface area (Å²) in [5.41, 5.74) is -0.0692. The standard InChI is InChI=1S/C16H22F2N2O/c1-16(2)7-4-8-19-14(16)10-20-15(21)9-11-12(17)5-3-6-13(11)18/h3,5-6,14,19H,4,7-10H2,1-2H3,(H,20,21). The molecule has 0 radical (unpaired) electrons. The predicted octanol–water partition coefficient (Wildman–Crippen LogP) is 2.40. The molecule has 1 atom stereocenters. The molecule has 1 aliphatic heterocycles. The molecule has 0 saturated carbocycles. The van der Waals surface area contributed by atoms with Crippen LogP contribution >= 0.6 is 0 Å². The van der Waals surface area contributed by atoms with Crippen LogP contribution in [-0.2, 0) is 11.2 Å². The van der Waals surface area contributed by atoms with Crippen molar-refractivity contribution in [1.82, 2.24) is 10.6 Å². The fourth-order valence-electron chi connectivity index (χ4n) is 2.76. The molecule has 0 bridgehead atoms. The van der Waals surface area contributed by atoms with Gasteiger partial charge in [-0.15, -0.1) is 0 Å². The van der Waals surface area contributed by atoms with Crippen LogP contribution in [0, 0.1) is 17.0 Å². The highest BCUT2D eigenvalue weighted by Gasteiger charge is 2.31. The molecule has 1 aromatic rings. The molecule has 5 heteroatoms. The maximum Gasteiger partial charge on any atom is 0.224 e. The molecule has 2 rings (SSSR count). The second-order valence-electron chi connectivity index (χ2n) is 6.28. The average molecular weight is 296 g/mol. The molecule has 0 aromatic heterocycles. The Morgan fingerprint density at radius 2 is 2.05 bits per heavy atom. The van der Waals surface area contributed by atoms with Gasteiger partial charge in [-0.3, -0.25) is 4.79 Å². The number of nitrogens with one attached hydrogen (secondary N) is 2.